The van der Waals surface area contributed by atoms with Crippen LogP contribution in [0.25, 0.3) is 0 Å². The van der Waals surface area contributed by atoms with E-state index in [-0.39, 0.29) is 23.3 Å². The van der Waals surface area contributed by atoms with Gasteiger partial charge in [-0.25, -0.2) is 4.79 Å². The molecule has 1 heterocycles. The molecule has 2 amide bonds. The number of rotatable bonds is 1. The summed E-state index contributed by atoms with van der Waals surface area (Å²) in [5.74, 6) is 0.358. The minimum atomic E-state index is -0.442. The van der Waals surface area contributed by atoms with Gasteiger partial charge >= 0.3 is 6.09 Å². The van der Waals surface area contributed by atoms with E-state index in [0.29, 0.717) is 0 Å². The largest absolute Gasteiger partial charge is 0.444 e. The fourth-order valence-corrected chi connectivity index (χ4v) is 3.00. The number of amides is 2. The van der Waals surface area contributed by atoms with Gasteiger partial charge in [-0.3, -0.25) is 4.79 Å². The fraction of sp³-hybridized carbons (Fsp3) is 0.857. The monoisotopic (exact) mass is 268 g/mol. The predicted molar refractivity (Wildman–Crippen MR) is 71.7 cm³/mol. The fourth-order valence-electron chi connectivity index (χ4n) is 3.00. The summed E-state index contributed by atoms with van der Waals surface area (Å²) in [7, 11) is 3.59. The highest BCUT2D eigenvalue weighted by atomic mass is 16.6. The van der Waals surface area contributed by atoms with Gasteiger partial charge in [-0.1, -0.05) is 0 Å². The zero-order chi connectivity index (χ0) is 14.4. The molecule has 0 aromatic rings. The molecule has 19 heavy (non-hydrogen) atoms. The van der Waals surface area contributed by atoms with Crippen molar-refractivity contribution in [2.75, 3.05) is 27.2 Å². The molecule has 2 aliphatic rings. The van der Waals surface area contributed by atoms with E-state index in [2.05, 4.69) is 0 Å². The van der Waals surface area contributed by atoms with Gasteiger partial charge in [0.05, 0.1) is 0 Å². The second-order valence-corrected chi connectivity index (χ2v) is 7.17. The zero-order valence-electron chi connectivity index (χ0n) is 12.5. The number of hydrogen-bond acceptors (Lipinski definition) is 3. The molecule has 1 saturated heterocycles. The normalized spacial score (nSPS) is 21.6. The lowest BCUT2D eigenvalue weighted by atomic mass is 9.57. The summed E-state index contributed by atoms with van der Waals surface area (Å²) in [4.78, 5) is 27.0. The van der Waals surface area contributed by atoms with Crippen LogP contribution in [0, 0.1) is 11.3 Å². The number of hydrogen-bond donors (Lipinski definition) is 0. The molecule has 2 rings (SSSR count). The first-order valence-electron chi connectivity index (χ1n) is 6.81. The Morgan fingerprint density at radius 3 is 2.16 bits per heavy atom. The summed E-state index contributed by atoms with van der Waals surface area (Å²) in [6.07, 6.45) is 1.58. The molecule has 1 aliphatic heterocycles. The molecule has 1 saturated carbocycles. The van der Waals surface area contributed by atoms with Gasteiger partial charge < -0.3 is 14.5 Å². The molecule has 0 unspecified atom stereocenters. The van der Waals surface area contributed by atoms with Gasteiger partial charge in [0.2, 0.25) is 5.91 Å². The van der Waals surface area contributed by atoms with Crippen molar-refractivity contribution in [1.82, 2.24) is 9.80 Å². The maximum Gasteiger partial charge on any atom is 0.410 e. The summed E-state index contributed by atoms with van der Waals surface area (Å²) < 4.78 is 5.33. The highest BCUT2D eigenvalue weighted by Gasteiger charge is 2.56. The molecule has 108 valence electrons. The molecule has 0 N–H and O–H groups in total. The van der Waals surface area contributed by atoms with Crippen LogP contribution in [0.5, 0.6) is 0 Å². The summed E-state index contributed by atoms with van der Waals surface area (Å²) in [5.41, 5.74) is -0.254. The molecule has 1 aliphatic carbocycles. The summed E-state index contributed by atoms with van der Waals surface area (Å²) in [5, 5.41) is 0. The molecule has 1 spiro atoms. The van der Waals surface area contributed by atoms with E-state index in [1.54, 1.807) is 23.9 Å². The van der Waals surface area contributed by atoms with Crippen LogP contribution in [0.2, 0.25) is 0 Å². The third kappa shape index (κ3) is 2.85. The van der Waals surface area contributed by atoms with Crippen LogP contribution >= 0.6 is 0 Å². The number of carbonyl (C=O) groups is 2. The topological polar surface area (TPSA) is 49.9 Å². The van der Waals surface area contributed by atoms with Crippen molar-refractivity contribution in [3.63, 3.8) is 0 Å². The molecule has 0 aromatic heterocycles. The standard InChI is InChI=1S/C14H24N2O3/c1-13(2,3)19-12(18)16-8-14(9-16)6-10(7-14)11(17)15(4)5/h10H,6-9H2,1-5H3. The Kier molecular flexibility index (Phi) is 3.27. The molecule has 0 atom stereocenters. The molecule has 0 bridgehead atoms. The molecule has 2 fully saturated rings. The van der Waals surface area contributed by atoms with E-state index >= 15 is 0 Å². The first kappa shape index (κ1) is 14.2. The van der Waals surface area contributed by atoms with Crippen LogP contribution in [0.3, 0.4) is 0 Å². The van der Waals surface area contributed by atoms with E-state index in [1.807, 2.05) is 20.8 Å². The van der Waals surface area contributed by atoms with Crippen LogP contribution in [0.4, 0.5) is 4.79 Å². The Labute approximate surface area is 114 Å². The van der Waals surface area contributed by atoms with Gasteiger partial charge in [-0.15, -0.1) is 0 Å². The van der Waals surface area contributed by atoms with Crippen molar-refractivity contribution in [3.05, 3.63) is 0 Å². The van der Waals surface area contributed by atoms with Crippen molar-refractivity contribution >= 4 is 12.0 Å². The quantitative estimate of drug-likeness (QED) is 0.727. The molecular weight excluding hydrogens is 244 g/mol. The Bertz CT molecular complexity index is 384. The summed E-state index contributed by atoms with van der Waals surface area (Å²) >= 11 is 0. The van der Waals surface area contributed by atoms with Crippen molar-refractivity contribution < 1.29 is 14.3 Å². The van der Waals surface area contributed by atoms with Gasteiger partial charge in [0, 0.05) is 38.5 Å². The van der Waals surface area contributed by atoms with E-state index in [0.717, 1.165) is 25.9 Å². The van der Waals surface area contributed by atoms with Crippen molar-refractivity contribution in [1.29, 1.82) is 0 Å². The SMILES string of the molecule is CN(C)C(=O)C1CC2(C1)CN(C(=O)OC(C)(C)C)C2. The van der Waals surface area contributed by atoms with Gasteiger partial charge in [0.25, 0.3) is 0 Å². The molecule has 5 heteroatoms. The van der Waals surface area contributed by atoms with Gasteiger partial charge in [0.15, 0.2) is 0 Å². The van der Waals surface area contributed by atoms with Gasteiger partial charge in [0.1, 0.15) is 5.60 Å². The van der Waals surface area contributed by atoms with E-state index in [1.165, 1.54) is 0 Å². The Morgan fingerprint density at radius 2 is 1.74 bits per heavy atom. The van der Waals surface area contributed by atoms with E-state index in [9.17, 15) is 9.59 Å². The molecule has 5 nitrogen and oxygen atoms in total. The van der Waals surface area contributed by atoms with Crippen LogP contribution in [0.1, 0.15) is 33.6 Å². The first-order valence-corrected chi connectivity index (χ1v) is 6.81. The Balaban J connectivity index is 1.76. The van der Waals surface area contributed by atoms with E-state index in [4.69, 9.17) is 4.74 Å². The third-order valence-electron chi connectivity index (χ3n) is 3.85. The second-order valence-electron chi connectivity index (χ2n) is 7.17. The highest BCUT2D eigenvalue weighted by molar-refractivity contribution is 5.80. The lowest BCUT2D eigenvalue weighted by Gasteiger charge is -2.58. The second kappa shape index (κ2) is 4.39. The number of likely N-dealkylation sites (tertiary alicyclic amines) is 1. The third-order valence-corrected chi connectivity index (χ3v) is 3.85. The van der Waals surface area contributed by atoms with Crippen LogP contribution < -0.4 is 0 Å². The van der Waals surface area contributed by atoms with E-state index < -0.39 is 5.60 Å². The van der Waals surface area contributed by atoms with Crippen molar-refractivity contribution in [3.8, 4) is 0 Å². The number of nitrogens with zero attached hydrogens (tertiary/aromatic N) is 2. The van der Waals surface area contributed by atoms with Crippen LogP contribution in [-0.4, -0.2) is 54.6 Å². The number of carbonyl (C=O) groups excluding carboxylic acids is 2. The molecular formula is C14H24N2O3. The van der Waals surface area contributed by atoms with Crippen LogP contribution in [-0.2, 0) is 9.53 Å². The summed E-state index contributed by atoms with van der Waals surface area (Å²) in [6, 6.07) is 0. The molecule has 0 aromatic carbocycles. The van der Waals surface area contributed by atoms with Crippen LogP contribution in [0.15, 0.2) is 0 Å². The van der Waals surface area contributed by atoms with Gasteiger partial charge in [-0.05, 0) is 33.6 Å². The minimum absolute atomic E-state index is 0.149. The maximum absolute atomic E-state index is 11.8. The predicted octanol–water partition coefficient (Wildman–Crippen LogP) is 1.72. The highest BCUT2D eigenvalue weighted by Crippen LogP contribution is 2.52. The van der Waals surface area contributed by atoms with Crippen molar-refractivity contribution in [2.45, 2.75) is 39.2 Å². The lowest BCUT2D eigenvalue weighted by molar-refractivity contribution is -0.150. The average Bonchev–Trinajstić information content (AvgIpc) is 2.09. The maximum atomic E-state index is 11.8. The van der Waals surface area contributed by atoms with Crippen molar-refractivity contribution in [2.24, 2.45) is 11.3 Å². The lowest BCUT2D eigenvalue weighted by Crippen LogP contribution is -2.65. The van der Waals surface area contributed by atoms with Gasteiger partial charge in [-0.2, -0.15) is 0 Å². The minimum Gasteiger partial charge on any atom is -0.444 e. The first-order chi connectivity index (χ1) is 8.62. The summed E-state index contributed by atoms with van der Waals surface area (Å²) in [6.45, 7) is 7.08. The zero-order valence-corrected chi connectivity index (χ0v) is 12.5. The molecule has 0 radical (unpaired) electrons. The Morgan fingerprint density at radius 1 is 1.21 bits per heavy atom. The average molecular weight is 268 g/mol. The number of ether oxygens (including phenoxy) is 1. The Hall–Kier alpha value is -1.26. The smallest absolute Gasteiger partial charge is 0.410 e.